The summed E-state index contributed by atoms with van der Waals surface area (Å²) in [5.74, 6) is 0.503. The van der Waals surface area contributed by atoms with Crippen molar-refractivity contribution in [1.29, 1.82) is 0 Å². The maximum absolute atomic E-state index is 13.6. The molecule has 1 aliphatic rings. The van der Waals surface area contributed by atoms with Crippen LogP contribution in [0, 0.1) is 16.7 Å². The number of hydrogen-bond acceptors (Lipinski definition) is 2. The summed E-state index contributed by atoms with van der Waals surface area (Å²) in [5, 5.41) is 0. The predicted molar refractivity (Wildman–Crippen MR) is 102 cm³/mol. The van der Waals surface area contributed by atoms with E-state index < -0.39 is 5.41 Å². The fourth-order valence-corrected chi connectivity index (χ4v) is 4.30. The van der Waals surface area contributed by atoms with Gasteiger partial charge in [0.15, 0.2) is 0 Å². The lowest BCUT2D eigenvalue weighted by atomic mass is 9.56. The van der Waals surface area contributed by atoms with Gasteiger partial charge < -0.3 is 9.64 Å². The molecule has 0 spiro atoms. The molecule has 140 valence electrons. The van der Waals surface area contributed by atoms with Gasteiger partial charge in [-0.2, -0.15) is 0 Å². The molecule has 1 aliphatic carbocycles. The molecule has 0 N–H and O–H groups in total. The monoisotopic (exact) mass is 337 g/mol. The summed E-state index contributed by atoms with van der Waals surface area (Å²) >= 11 is 0. The van der Waals surface area contributed by atoms with Gasteiger partial charge in [0.2, 0.25) is 5.91 Å². The van der Waals surface area contributed by atoms with Gasteiger partial charge in [0.1, 0.15) is 0 Å². The van der Waals surface area contributed by atoms with Crippen LogP contribution in [0.3, 0.4) is 0 Å². The Hall–Kier alpha value is -0.830. The highest BCUT2D eigenvalue weighted by molar-refractivity contribution is 5.84. The van der Waals surface area contributed by atoms with Crippen molar-refractivity contribution >= 4 is 5.91 Å². The van der Waals surface area contributed by atoms with Crippen LogP contribution in [0.1, 0.15) is 80.6 Å². The molecule has 3 nitrogen and oxygen atoms in total. The van der Waals surface area contributed by atoms with Crippen molar-refractivity contribution in [3.63, 3.8) is 0 Å². The maximum Gasteiger partial charge on any atom is 0.233 e. The Morgan fingerprint density at radius 1 is 1.25 bits per heavy atom. The quantitative estimate of drug-likeness (QED) is 0.622. The van der Waals surface area contributed by atoms with Gasteiger partial charge >= 0.3 is 0 Å². The van der Waals surface area contributed by atoms with E-state index in [2.05, 4.69) is 55.0 Å². The zero-order valence-corrected chi connectivity index (χ0v) is 17.2. The first kappa shape index (κ1) is 21.2. The van der Waals surface area contributed by atoms with E-state index >= 15 is 0 Å². The van der Waals surface area contributed by atoms with Gasteiger partial charge in [0, 0.05) is 24.3 Å². The SMILES string of the molecule is C=C(C(C)C)N(C(=O)C(C)(C)C1(CC)CCC(OC)CC1)C(C)C. The van der Waals surface area contributed by atoms with E-state index in [1.165, 1.54) is 0 Å². The third-order valence-electron chi connectivity index (χ3n) is 6.47. The van der Waals surface area contributed by atoms with E-state index in [0.29, 0.717) is 6.10 Å². The van der Waals surface area contributed by atoms with E-state index in [0.717, 1.165) is 37.8 Å². The third-order valence-corrected chi connectivity index (χ3v) is 6.47. The molecule has 0 bridgehead atoms. The van der Waals surface area contributed by atoms with Gasteiger partial charge in [-0.3, -0.25) is 4.79 Å². The Balaban J connectivity index is 3.14. The third kappa shape index (κ3) is 3.87. The molecule has 0 aromatic carbocycles. The molecule has 0 aromatic heterocycles. The van der Waals surface area contributed by atoms with Crippen molar-refractivity contribution in [2.45, 2.75) is 92.7 Å². The molecule has 0 heterocycles. The van der Waals surface area contributed by atoms with Gasteiger partial charge in [0.05, 0.1) is 6.10 Å². The standard InChI is InChI=1S/C21H39NO2/c1-10-21(13-11-18(24-9)12-14-21)20(7,8)19(23)22(16(4)5)17(6)15(2)3/h15-16,18H,6,10-14H2,1-5,7-9H3. The summed E-state index contributed by atoms with van der Waals surface area (Å²) in [5.41, 5.74) is 0.575. The van der Waals surface area contributed by atoms with Gasteiger partial charge in [-0.25, -0.2) is 0 Å². The Bertz CT molecular complexity index is 443. The largest absolute Gasteiger partial charge is 0.381 e. The van der Waals surface area contributed by atoms with Crippen molar-refractivity contribution in [3.8, 4) is 0 Å². The Labute approximate surface area is 149 Å². The van der Waals surface area contributed by atoms with Crippen molar-refractivity contribution in [3.05, 3.63) is 12.3 Å². The zero-order valence-electron chi connectivity index (χ0n) is 17.2. The van der Waals surface area contributed by atoms with E-state index in [4.69, 9.17) is 4.74 Å². The minimum absolute atomic E-state index is 0.0452. The topological polar surface area (TPSA) is 29.5 Å². The number of carbonyl (C=O) groups excluding carboxylic acids is 1. The second-order valence-corrected chi connectivity index (χ2v) is 8.61. The Kier molecular flexibility index (Phi) is 7.10. The number of carbonyl (C=O) groups is 1. The minimum Gasteiger partial charge on any atom is -0.381 e. The molecule has 0 saturated heterocycles. The van der Waals surface area contributed by atoms with E-state index in [1.807, 2.05) is 4.90 Å². The molecule has 24 heavy (non-hydrogen) atoms. The number of ether oxygens (including phenoxy) is 1. The molecule has 1 amide bonds. The molecule has 0 atom stereocenters. The van der Waals surface area contributed by atoms with Crippen LogP contribution >= 0.6 is 0 Å². The van der Waals surface area contributed by atoms with Gasteiger partial charge in [-0.15, -0.1) is 0 Å². The number of allylic oxidation sites excluding steroid dienone is 1. The average Bonchev–Trinajstić information content (AvgIpc) is 2.54. The fraction of sp³-hybridized carbons (Fsp3) is 0.857. The van der Waals surface area contributed by atoms with Crippen LogP contribution in [0.4, 0.5) is 0 Å². The van der Waals surface area contributed by atoms with Crippen LogP contribution in [-0.2, 0) is 9.53 Å². The van der Waals surface area contributed by atoms with Crippen LogP contribution in [0.2, 0.25) is 0 Å². The average molecular weight is 338 g/mol. The molecule has 3 heteroatoms. The summed E-state index contributed by atoms with van der Waals surface area (Å²) < 4.78 is 5.55. The highest BCUT2D eigenvalue weighted by Crippen LogP contribution is 2.53. The van der Waals surface area contributed by atoms with E-state index in [1.54, 1.807) is 7.11 Å². The van der Waals surface area contributed by atoms with Crippen molar-refractivity contribution in [2.24, 2.45) is 16.7 Å². The van der Waals surface area contributed by atoms with Crippen LogP contribution in [0.25, 0.3) is 0 Å². The molecule has 1 saturated carbocycles. The molecule has 0 aromatic rings. The number of amides is 1. The summed E-state index contributed by atoms with van der Waals surface area (Å²) in [4.78, 5) is 15.5. The Morgan fingerprint density at radius 2 is 1.75 bits per heavy atom. The highest BCUT2D eigenvalue weighted by Gasteiger charge is 2.51. The first-order valence-corrected chi connectivity index (χ1v) is 9.59. The minimum atomic E-state index is -0.400. The van der Waals surface area contributed by atoms with Gasteiger partial charge in [-0.1, -0.05) is 41.2 Å². The lowest BCUT2D eigenvalue weighted by molar-refractivity contribution is -0.152. The zero-order chi connectivity index (χ0) is 18.7. The molecular formula is C21H39NO2. The first-order valence-electron chi connectivity index (χ1n) is 9.59. The normalized spacial score (nSPS) is 25.2. The smallest absolute Gasteiger partial charge is 0.233 e. The molecule has 1 rings (SSSR count). The lowest BCUT2D eigenvalue weighted by Crippen LogP contribution is -2.53. The van der Waals surface area contributed by atoms with Gasteiger partial charge in [0.25, 0.3) is 0 Å². The van der Waals surface area contributed by atoms with E-state index in [-0.39, 0.29) is 23.3 Å². The first-order chi connectivity index (χ1) is 11.0. The van der Waals surface area contributed by atoms with Crippen LogP contribution in [0.5, 0.6) is 0 Å². The molecule has 0 radical (unpaired) electrons. The Morgan fingerprint density at radius 3 is 2.08 bits per heavy atom. The van der Waals surface area contributed by atoms with Gasteiger partial charge in [-0.05, 0) is 57.3 Å². The number of methoxy groups -OCH3 is 1. The highest BCUT2D eigenvalue weighted by atomic mass is 16.5. The summed E-state index contributed by atoms with van der Waals surface area (Å²) in [6.45, 7) is 19.1. The van der Waals surface area contributed by atoms with Crippen molar-refractivity contribution < 1.29 is 9.53 Å². The van der Waals surface area contributed by atoms with Crippen LogP contribution < -0.4 is 0 Å². The molecule has 0 unspecified atom stereocenters. The molecule has 0 aliphatic heterocycles. The molecular weight excluding hydrogens is 298 g/mol. The second-order valence-electron chi connectivity index (χ2n) is 8.61. The maximum atomic E-state index is 13.6. The lowest BCUT2D eigenvalue weighted by Gasteiger charge is -2.51. The summed E-state index contributed by atoms with van der Waals surface area (Å²) in [6, 6.07) is 0.135. The predicted octanol–water partition coefficient (Wildman–Crippen LogP) is 5.40. The number of rotatable bonds is 7. The van der Waals surface area contributed by atoms with Crippen LogP contribution in [0.15, 0.2) is 12.3 Å². The number of nitrogens with zero attached hydrogens (tertiary/aromatic N) is 1. The second kappa shape index (κ2) is 8.03. The van der Waals surface area contributed by atoms with Crippen molar-refractivity contribution in [1.82, 2.24) is 4.90 Å². The fourth-order valence-electron chi connectivity index (χ4n) is 4.30. The van der Waals surface area contributed by atoms with Crippen molar-refractivity contribution in [2.75, 3.05) is 7.11 Å². The summed E-state index contributed by atoms with van der Waals surface area (Å²) in [6.07, 6.45) is 5.59. The number of hydrogen-bond donors (Lipinski definition) is 0. The summed E-state index contributed by atoms with van der Waals surface area (Å²) in [7, 11) is 1.80. The molecule has 1 fully saturated rings. The van der Waals surface area contributed by atoms with E-state index in [9.17, 15) is 4.79 Å². The van der Waals surface area contributed by atoms with Crippen LogP contribution in [-0.4, -0.2) is 30.1 Å².